The third-order valence-corrected chi connectivity index (χ3v) is 1.60. The molecule has 0 bridgehead atoms. The highest BCUT2D eigenvalue weighted by Crippen LogP contribution is 2.01. The van der Waals surface area contributed by atoms with Crippen LogP contribution in [0.15, 0.2) is 12.2 Å². The molecule has 1 heteroatoms. The van der Waals surface area contributed by atoms with E-state index in [-0.39, 0.29) is 0 Å². The van der Waals surface area contributed by atoms with Gasteiger partial charge in [-0.2, -0.15) is 0 Å². The van der Waals surface area contributed by atoms with Crippen LogP contribution in [0.25, 0.3) is 0 Å². The van der Waals surface area contributed by atoms with Crippen molar-refractivity contribution >= 4 is 0 Å². The molecule has 11 heavy (non-hydrogen) atoms. The summed E-state index contributed by atoms with van der Waals surface area (Å²) in [5.41, 5.74) is 5.37. The molecule has 0 saturated heterocycles. The van der Waals surface area contributed by atoms with E-state index in [0.717, 1.165) is 6.54 Å². The van der Waals surface area contributed by atoms with Crippen LogP contribution in [-0.2, 0) is 0 Å². The normalized spacial score (nSPS) is 11.6. The number of hydrogen-bond donors (Lipinski definition) is 1. The first-order valence-corrected chi connectivity index (χ1v) is 4.64. The predicted molar refractivity (Wildman–Crippen MR) is 51.5 cm³/mol. The van der Waals surface area contributed by atoms with Crippen LogP contribution in [-0.4, -0.2) is 6.54 Å². The first-order chi connectivity index (χ1) is 5.27. The van der Waals surface area contributed by atoms with Gasteiger partial charge in [0.05, 0.1) is 0 Å². The first kappa shape index (κ1) is 10.7. The third-order valence-electron chi connectivity index (χ3n) is 1.60. The van der Waals surface area contributed by atoms with Crippen molar-refractivity contribution in [3.05, 3.63) is 12.2 Å². The van der Waals surface area contributed by atoms with Crippen LogP contribution >= 0.6 is 0 Å². The molecule has 0 spiro atoms. The smallest absolute Gasteiger partial charge is 0.00773 e. The van der Waals surface area contributed by atoms with Crippen molar-refractivity contribution in [3.63, 3.8) is 0 Å². The topological polar surface area (TPSA) is 26.0 Å². The standard InChI is InChI=1S/C10H21N/c1-10(2)8-6-4-3-5-7-9-11/h6,8,10H,3-5,7,9,11H2,1-2H3/b8-6-. The summed E-state index contributed by atoms with van der Waals surface area (Å²) in [6.45, 7) is 5.25. The molecule has 0 fully saturated rings. The molecule has 0 aromatic rings. The summed E-state index contributed by atoms with van der Waals surface area (Å²) in [6, 6.07) is 0. The van der Waals surface area contributed by atoms with Gasteiger partial charge in [-0.1, -0.05) is 32.4 Å². The maximum atomic E-state index is 5.37. The number of allylic oxidation sites excluding steroid dienone is 2. The Bertz CT molecular complexity index is 95.0. The molecule has 0 saturated carbocycles. The lowest BCUT2D eigenvalue weighted by atomic mass is 10.1. The second kappa shape index (κ2) is 7.80. The van der Waals surface area contributed by atoms with E-state index in [0.29, 0.717) is 5.92 Å². The van der Waals surface area contributed by atoms with Crippen LogP contribution in [0.3, 0.4) is 0 Å². The molecule has 0 aliphatic carbocycles. The minimum Gasteiger partial charge on any atom is -0.330 e. The number of unbranched alkanes of at least 4 members (excludes halogenated alkanes) is 3. The van der Waals surface area contributed by atoms with Gasteiger partial charge >= 0.3 is 0 Å². The Morgan fingerprint density at radius 2 is 1.91 bits per heavy atom. The van der Waals surface area contributed by atoms with Crippen LogP contribution in [0, 0.1) is 5.92 Å². The van der Waals surface area contributed by atoms with Gasteiger partial charge in [0.1, 0.15) is 0 Å². The van der Waals surface area contributed by atoms with Crippen molar-refractivity contribution < 1.29 is 0 Å². The summed E-state index contributed by atoms with van der Waals surface area (Å²) >= 11 is 0. The average molecular weight is 155 g/mol. The number of hydrogen-bond acceptors (Lipinski definition) is 1. The zero-order chi connectivity index (χ0) is 8.53. The molecule has 0 aliphatic heterocycles. The predicted octanol–water partition coefficient (Wildman–Crippen LogP) is 2.72. The fraction of sp³-hybridized carbons (Fsp3) is 0.800. The van der Waals surface area contributed by atoms with Crippen LogP contribution in [0.4, 0.5) is 0 Å². The van der Waals surface area contributed by atoms with Crippen molar-refractivity contribution in [2.45, 2.75) is 39.5 Å². The molecule has 1 nitrogen and oxygen atoms in total. The van der Waals surface area contributed by atoms with E-state index >= 15 is 0 Å². The SMILES string of the molecule is CC(C)/C=C\CCCCCN. The van der Waals surface area contributed by atoms with Crippen molar-refractivity contribution in [2.24, 2.45) is 11.7 Å². The molecule has 0 aromatic heterocycles. The Hall–Kier alpha value is -0.300. The minimum atomic E-state index is 0.699. The van der Waals surface area contributed by atoms with Gasteiger partial charge in [0.2, 0.25) is 0 Å². The molecular formula is C10H21N. The molecule has 2 N–H and O–H groups in total. The van der Waals surface area contributed by atoms with E-state index in [1.54, 1.807) is 0 Å². The third kappa shape index (κ3) is 9.70. The summed E-state index contributed by atoms with van der Waals surface area (Å²) in [5.74, 6) is 0.699. The zero-order valence-electron chi connectivity index (χ0n) is 7.84. The fourth-order valence-electron chi connectivity index (χ4n) is 0.952. The van der Waals surface area contributed by atoms with E-state index in [4.69, 9.17) is 5.73 Å². The van der Waals surface area contributed by atoms with E-state index in [1.807, 2.05) is 0 Å². The van der Waals surface area contributed by atoms with Crippen LogP contribution in [0.2, 0.25) is 0 Å². The van der Waals surface area contributed by atoms with Gasteiger partial charge in [0.25, 0.3) is 0 Å². The summed E-state index contributed by atoms with van der Waals surface area (Å²) < 4.78 is 0. The second-order valence-electron chi connectivity index (χ2n) is 3.31. The summed E-state index contributed by atoms with van der Waals surface area (Å²) in [7, 11) is 0. The van der Waals surface area contributed by atoms with E-state index in [1.165, 1.54) is 25.7 Å². The molecule has 0 rings (SSSR count). The molecule has 0 radical (unpaired) electrons. The van der Waals surface area contributed by atoms with Crippen molar-refractivity contribution in [1.29, 1.82) is 0 Å². The molecule has 0 aromatic carbocycles. The Morgan fingerprint density at radius 1 is 1.18 bits per heavy atom. The van der Waals surface area contributed by atoms with Crippen molar-refractivity contribution in [1.82, 2.24) is 0 Å². The van der Waals surface area contributed by atoms with Crippen LogP contribution < -0.4 is 5.73 Å². The quantitative estimate of drug-likeness (QED) is 0.463. The number of nitrogens with two attached hydrogens (primary N) is 1. The maximum absolute atomic E-state index is 5.37. The summed E-state index contributed by atoms with van der Waals surface area (Å²) in [6.07, 6.45) is 9.51. The summed E-state index contributed by atoms with van der Waals surface area (Å²) in [5, 5.41) is 0. The van der Waals surface area contributed by atoms with Crippen LogP contribution in [0.5, 0.6) is 0 Å². The van der Waals surface area contributed by atoms with Crippen molar-refractivity contribution in [2.75, 3.05) is 6.54 Å². The van der Waals surface area contributed by atoms with Gasteiger partial charge in [0, 0.05) is 0 Å². The van der Waals surface area contributed by atoms with E-state index < -0.39 is 0 Å². The Kier molecular flexibility index (Phi) is 7.59. The van der Waals surface area contributed by atoms with Gasteiger partial charge in [0.15, 0.2) is 0 Å². The number of rotatable bonds is 6. The Balaban J connectivity index is 3.01. The highest BCUT2D eigenvalue weighted by atomic mass is 14.5. The van der Waals surface area contributed by atoms with Gasteiger partial charge in [-0.15, -0.1) is 0 Å². The largest absolute Gasteiger partial charge is 0.330 e. The molecule has 66 valence electrons. The summed E-state index contributed by atoms with van der Waals surface area (Å²) in [4.78, 5) is 0. The molecule has 0 aliphatic rings. The Labute approximate surface area is 70.7 Å². The molecular weight excluding hydrogens is 134 g/mol. The molecule has 0 unspecified atom stereocenters. The molecule has 0 heterocycles. The fourth-order valence-corrected chi connectivity index (χ4v) is 0.952. The lowest BCUT2D eigenvalue weighted by Crippen LogP contribution is -1.97. The molecule has 0 amide bonds. The average Bonchev–Trinajstić information content (AvgIpc) is 1.96. The van der Waals surface area contributed by atoms with Gasteiger partial charge in [-0.3, -0.25) is 0 Å². The van der Waals surface area contributed by atoms with E-state index in [9.17, 15) is 0 Å². The minimum absolute atomic E-state index is 0.699. The van der Waals surface area contributed by atoms with Gasteiger partial charge in [-0.05, 0) is 31.7 Å². The monoisotopic (exact) mass is 155 g/mol. The maximum Gasteiger partial charge on any atom is -0.00773 e. The molecule has 0 atom stereocenters. The zero-order valence-corrected chi connectivity index (χ0v) is 7.84. The van der Waals surface area contributed by atoms with E-state index in [2.05, 4.69) is 26.0 Å². The van der Waals surface area contributed by atoms with Crippen molar-refractivity contribution in [3.8, 4) is 0 Å². The first-order valence-electron chi connectivity index (χ1n) is 4.64. The Morgan fingerprint density at radius 3 is 2.45 bits per heavy atom. The van der Waals surface area contributed by atoms with Gasteiger partial charge in [-0.25, -0.2) is 0 Å². The highest BCUT2D eigenvalue weighted by Gasteiger charge is 1.85. The van der Waals surface area contributed by atoms with Crippen LogP contribution in [0.1, 0.15) is 39.5 Å². The lowest BCUT2D eigenvalue weighted by Gasteiger charge is -1.95. The van der Waals surface area contributed by atoms with Gasteiger partial charge < -0.3 is 5.73 Å². The second-order valence-corrected chi connectivity index (χ2v) is 3.31. The lowest BCUT2D eigenvalue weighted by molar-refractivity contribution is 0.692. The highest BCUT2D eigenvalue weighted by molar-refractivity contribution is 4.83.